The second-order valence-electron chi connectivity index (χ2n) is 9.06. The Labute approximate surface area is 251 Å². The van der Waals surface area contributed by atoms with Gasteiger partial charge in [-0.1, -0.05) is 32.0 Å². The second-order valence-corrected chi connectivity index (χ2v) is 9.06. The molecule has 0 fully saturated rings. The molecule has 0 bridgehead atoms. The van der Waals surface area contributed by atoms with Gasteiger partial charge in [0.1, 0.15) is 0 Å². The van der Waals surface area contributed by atoms with E-state index in [4.69, 9.17) is 14.9 Å². The first kappa shape index (κ1) is 36.1. The maximum absolute atomic E-state index is 12.0. The molecule has 0 aliphatic heterocycles. The molecule has 0 aliphatic carbocycles. The summed E-state index contributed by atoms with van der Waals surface area (Å²) in [6.45, 7) is 9.39. The number of hydrogen-bond acceptors (Lipinski definition) is 9. The van der Waals surface area contributed by atoms with Crippen LogP contribution >= 0.6 is 0 Å². The first-order valence-electron chi connectivity index (χ1n) is 13.5. The number of hydrogen-bond donors (Lipinski definition) is 4. The van der Waals surface area contributed by atoms with Crippen molar-refractivity contribution in [3.05, 3.63) is 82.4 Å². The Hall–Kier alpha value is -4.92. The summed E-state index contributed by atoms with van der Waals surface area (Å²) >= 11 is 0. The largest absolute Gasteiger partial charge is 0.439 e. The van der Waals surface area contributed by atoms with Crippen molar-refractivity contribution in [1.82, 2.24) is 0 Å². The molecule has 2 amide bonds. The molecule has 3 aromatic carbocycles. The zero-order chi connectivity index (χ0) is 32.2. The van der Waals surface area contributed by atoms with Crippen molar-refractivity contribution in [2.45, 2.75) is 47.5 Å². The zero-order valence-electron chi connectivity index (χ0n) is 25.1. The maximum Gasteiger partial charge on any atom is 0.412 e. The Morgan fingerprint density at radius 1 is 0.744 bits per heavy atom. The fraction of sp³-hybridized carbons (Fsp3) is 0.312. The van der Waals surface area contributed by atoms with Gasteiger partial charge in [-0.3, -0.25) is 10.1 Å². The number of carbonyl (C=O) groups excluding carboxylic acids is 4. The average Bonchev–Trinajstić information content (AvgIpc) is 3.00. The van der Waals surface area contributed by atoms with E-state index in [1.54, 1.807) is 19.1 Å². The number of isocyanates is 2. The lowest BCUT2D eigenvalue weighted by Gasteiger charge is -2.11. The van der Waals surface area contributed by atoms with Crippen LogP contribution in [-0.4, -0.2) is 54.2 Å². The molecular formula is C32H38N4O7. The molecular weight excluding hydrogens is 552 g/mol. The van der Waals surface area contributed by atoms with E-state index in [1.807, 2.05) is 50.2 Å². The van der Waals surface area contributed by atoms with Crippen LogP contribution in [0.25, 0.3) is 0 Å². The number of aryl methyl sites for hydroxylation is 5. The van der Waals surface area contributed by atoms with Crippen molar-refractivity contribution in [3.8, 4) is 0 Å². The van der Waals surface area contributed by atoms with Gasteiger partial charge < -0.3 is 20.3 Å². The number of anilines is 2. The topological polar surface area (TPSA) is 167 Å². The molecule has 228 valence electrons. The minimum absolute atomic E-state index is 0.125. The quantitative estimate of drug-likeness (QED) is 0.188. The summed E-state index contributed by atoms with van der Waals surface area (Å²) < 4.78 is 5.00. The van der Waals surface area contributed by atoms with Crippen molar-refractivity contribution < 1.29 is 34.1 Å². The second kappa shape index (κ2) is 20.0. The summed E-state index contributed by atoms with van der Waals surface area (Å²) in [5, 5.41) is 20.6. The van der Waals surface area contributed by atoms with Gasteiger partial charge in [0.2, 0.25) is 12.2 Å². The smallest absolute Gasteiger partial charge is 0.412 e. The number of amides is 2. The summed E-state index contributed by atoms with van der Waals surface area (Å²) in [7, 11) is 0. The Morgan fingerprint density at radius 2 is 1.26 bits per heavy atom. The Kier molecular flexibility index (Phi) is 16.8. The highest BCUT2D eigenvalue weighted by Gasteiger charge is 2.10. The lowest BCUT2D eigenvalue weighted by molar-refractivity contribution is -0.118. The van der Waals surface area contributed by atoms with Crippen LogP contribution in [-0.2, 0) is 32.0 Å². The number of nitrogens with zero attached hydrogens (tertiary/aromatic N) is 2. The Bertz CT molecular complexity index is 1390. The van der Waals surface area contributed by atoms with Crippen LogP contribution in [0, 0.1) is 20.8 Å². The number of carbonyl (C=O) groups is 2. The van der Waals surface area contributed by atoms with Crippen molar-refractivity contribution in [2.24, 2.45) is 9.98 Å². The molecule has 0 aliphatic rings. The van der Waals surface area contributed by atoms with Crippen LogP contribution < -0.4 is 10.6 Å². The monoisotopic (exact) mass is 590 g/mol. The molecule has 43 heavy (non-hydrogen) atoms. The minimum atomic E-state index is -0.649. The van der Waals surface area contributed by atoms with Gasteiger partial charge in [-0.05, 0) is 97.8 Å². The fourth-order valence-electron chi connectivity index (χ4n) is 3.63. The lowest BCUT2D eigenvalue weighted by atomic mass is 10.1. The molecule has 0 unspecified atom stereocenters. The number of nitrogens with one attached hydrogen (secondary N) is 2. The summed E-state index contributed by atoms with van der Waals surface area (Å²) in [5.41, 5.74) is 7.77. The van der Waals surface area contributed by atoms with Crippen LogP contribution in [0.3, 0.4) is 0 Å². The van der Waals surface area contributed by atoms with E-state index in [0.29, 0.717) is 22.7 Å². The third-order valence-electron chi connectivity index (χ3n) is 5.96. The van der Waals surface area contributed by atoms with Crippen LogP contribution in [0.2, 0.25) is 0 Å². The number of benzene rings is 3. The summed E-state index contributed by atoms with van der Waals surface area (Å²) in [6, 6.07) is 16.3. The molecule has 11 nitrogen and oxygen atoms in total. The lowest BCUT2D eigenvalue weighted by Crippen LogP contribution is -2.23. The molecule has 0 radical (unpaired) electrons. The number of rotatable bonds is 9. The molecule has 3 aromatic rings. The molecule has 0 saturated heterocycles. The van der Waals surface area contributed by atoms with E-state index < -0.39 is 6.09 Å². The van der Waals surface area contributed by atoms with E-state index in [0.717, 1.165) is 24.0 Å². The molecule has 3 rings (SSSR count). The molecule has 0 heterocycles. The fourth-order valence-corrected chi connectivity index (χ4v) is 3.63. The van der Waals surface area contributed by atoms with Gasteiger partial charge in [0.25, 0.3) is 5.91 Å². The maximum atomic E-state index is 12.0. The molecule has 0 atom stereocenters. The summed E-state index contributed by atoms with van der Waals surface area (Å²) in [6.07, 6.45) is 3.97. The van der Waals surface area contributed by atoms with Gasteiger partial charge in [0, 0.05) is 11.4 Å². The van der Waals surface area contributed by atoms with Gasteiger partial charge in [-0.15, -0.1) is 0 Å². The predicted molar refractivity (Wildman–Crippen MR) is 166 cm³/mol. The third kappa shape index (κ3) is 13.5. The zero-order valence-corrected chi connectivity index (χ0v) is 25.1. The van der Waals surface area contributed by atoms with Gasteiger partial charge in [-0.25, -0.2) is 14.4 Å². The van der Waals surface area contributed by atoms with E-state index in [1.165, 1.54) is 34.9 Å². The van der Waals surface area contributed by atoms with Crippen molar-refractivity contribution in [2.75, 3.05) is 30.5 Å². The van der Waals surface area contributed by atoms with Gasteiger partial charge >= 0.3 is 6.09 Å². The molecule has 11 heteroatoms. The van der Waals surface area contributed by atoms with Crippen molar-refractivity contribution in [1.29, 1.82) is 0 Å². The van der Waals surface area contributed by atoms with Crippen LogP contribution in [0.4, 0.5) is 27.5 Å². The Morgan fingerprint density at radius 3 is 1.74 bits per heavy atom. The van der Waals surface area contributed by atoms with Gasteiger partial charge in [0.15, 0.2) is 6.61 Å². The Balaban J connectivity index is 0.000000451. The SMILES string of the molecule is CCc1cc(NC(=O)COC(=O)Nc2ccc(C)c(CC)c2)ccc1C.Cc1ccc(N=C=O)cc1N=C=O.OCCO. The van der Waals surface area contributed by atoms with E-state index in [-0.39, 0.29) is 25.7 Å². The van der Waals surface area contributed by atoms with Gasteiger partial charge in [-0.2, -0.15) is 9.98 Å². The molecule has 0 aromatic heterocycles. The first-order chi connectivity index (χ1) is 20.6. The van der Waals surface area contributed by atoms with E-state index in [2.05, 4.69) is 34.5 Å². The highest BCUT2D eigenvalue weighted by atomic mass is 16.6. The molecule has 0 spiro atoms. The number of aliphatic hydroxyl groups excluding tert-OH is 2. The van der Waals surface area contributed by atoms with Crippen LogP contribution in [0.1, 0.15) is 41.7 Å². The molecule has 4 N–H and O–H groups in total. The first-order valence-corrected chi connectivity index (χ1v) is 13.5. The van der Waals surface area contributed by atoms with E-state index in [9.17, 15) is 19.2 Å². The number of aliphatic imine (C=N–C) groups is 2. The number of ether oxygens (including phenoxy) is 1. The van der Waals surface area contributed by atoms with Crippen LogP contribution in [0.15, 0.2) is 64.6 Å². The predicted octanol–water partition coefficient (Wildman–Crippen LogP) is 5.52. The average molecular weight is 591 g/mol. The highest BCUT2D eigenvalue weighted by Crippen LogP contribution is 2.24. The number of aliphatic hydroxyl groups is 2. The summed E-state index contributed by atoms with van der Waals surface area (Å²) in [5.74, 6) is -0.371. The van der Waals surface area contributed by atoms with Gasteiger partial charge in [0.05, 0.1) is 24.6 Å². The molecule has 0 saturated carbocycles. The summed E-state index contributed by atoms with van der Waals surface area (Å²) in [4.78, 5) is 50.6. The normalized spacial score (nSPS) is 9.47. The standard InChI is InChI=1S/C21H26N2O3.C9H6N2O2.C2H6O2/c1-5-16-11-18(9-7-14(16)3)22-20(24)13-26-21(25)23-19-10-8-15(4)17(6-2)12-19;1-7-2-3-8(10-5-12)4-9(7)11-6-13;3-1-2-4/h7-12H,5-6,13H2,1-4H3,(H,22,24)(H,23,25);2-4H,1H3;3-4H,1-2H2. The van der Waals surface area contributed by atoms with Crippen molar-refractivity contribution in [3.63, 3.8) is 0 Å². The van der Waals surface area contributed by atoms with Crippen molar-refractivity contribution >= 4 is 46.9 Å². The highest BCUT2D eigenvalue weighted by molar-refractivity contribution is 5.94. The van der Waals surface area contributed by atoms with E-state index >= 15 is 0 Å². The minimum Gasteiger partial charge on any atom is -0.439 e. The van der Waals surface area contributed by atoms with Crippen LogP contribution in [0.5, 0.6) is 0 Å². The third-order valence-corrected chi connectivity index (χ3v) is 5.96.